The molecule has 9 heteroatoms. The SMILES string of the molecule is CN(C)CCN(C)C(=O)c1c(N)ccc(-c2cnc3c(c2Cl)[C@@]2(CC[C@](C)(C#N)C2)CN3)c1F. The maximum Gasteiger partial charge on any atom is 0.258 e. The molecule has 1 aliphatic carbocycles. The Morgan fingerprint density at radius 3 is 2.68 bits per heavy atom. The molecule has 2 heterocycles. The molecule has 1 saturated carbocycles. The molecule has 3 N–H and O–H groups in total. The van der Waals surface area contributed by atoms with Gasteiger partial charge in [0.2, 0.25) is 0 Å². The topological polar surface area (TPSA) is 98.3 Å². The summed E-state index contributed by atoms with van der Waals surface area (Å²) < 4.78 is 15.8. The summed E-state index contributed by atoms with van der Waals surface area (Å²) in [6.45, 7) is 3.68. The summed E-state index contributed by atoms with van der Waals surface area (Å²) in [6, 6.07) is 5.52. The Hall–Kier alpha value is -2.89. The number of carbonyl (C=O) groups is 1. The van der Waals surface area contributed by atoms with Crippen LogP contribution in [-0.2, 0) is 5.41 Å². The molecule has 2 atom stereocenters. The van der Waals surface area contributed by atoms with Gasteiger partial charge in [-0.05, 0) is 52.4 Å². The van der Waals surface area contributed by atoms with Crippen molar-refractivity contribution in [2.45, 2.75) is 31.6 Å². The van der Waals surface area contributed by atoms with E-state index in [9.17, 15) is 10.1 Å². The highest BCUT2D eigenvalue weighted by Gasteiger charge is 2.52. The average Bonchev–Trinajstić information content (AvgIpc) is 3.33. The van der Waals surface area contributed by atoms with Gasteiger partial charge in [-0.25, -0.2) is 9.37 Å². The predicted octanol–water partition coefficient (Wildman–Crippen LogP) is 4.13. The normalized spacial score (nSPS) is 23.1. The summed E-state index contributed by atoms with van der Waals surface area (Å²) in [5.74, 6) is -0.521. The Morgan fingerprint density at radius 2 is 2.03 bits per heavy atom. The van der Waals surface area contributed by atoms with Gasteiger partial charge in [0.05, 0.1) is 22.1 Å². The minimum absolute atomic E-state index is 0.0758. The number of amides is 1. The number of anilines is 2. The number of aromatic nitrogens is 1. The number of nitrogens with one attached hydrogen (secondary N) is 1. The first-order valence-electron chi connectivity index (χ1n) is 11.3. The number of carbonyl (C=O) groups excluding carboxylic acids is 1. The van der Waals surface area contributed by atoms with Crippen LogP contribution in [0.2, 0.25) is 5.02 Å². The summed E-state index contributed by atoms with van der Waals surface area (Å²) in [7, 11) is 5.44. The van der Waals surface area contributed by atoms with Crippen molar-refractivity contribution in [1.29, 1.82) is 5.26 Å². The number of halogens is 2. The molecular formula is C25H30ClFN6O. The third-order valence-corrected chi connectivity index (χ3v) is 7.59. The average molecular weight is 485 g/mol. The highest BCUT2D eigenvalue weighted by Crippen LogP contribution is 2.57. The van der Waals surface area contributed by atoms with Crippen molar-refractivity contribution in [2.75, 3.05) is 51.8 Å². The van der Waals surface area contributed by atoms with Crippen LogP contribution >= 0.6 is 11.6 Å². The summed E-state index contributed by atoms with van der Waals surface area (Å²) >= 11 is 6.92. The maximum absolute atomic E-state index is 15.8. The Bertz CT molecular complexity index is 1190. The zero-order valence-corrected chi connectivity index (χ0v) is 20.8. The molecule has 7 nitrogen and oxygen atoms in total. The molecule has 0 radical (unpaired) electrons. The van der Waals surface area contributed by atoms with Crippen molar-refractivity contribution >= 4 is 29.0 Å². The lowest BCUT2D eigenvalue weighted by atomic mass is 9.77. The largest absolute Gasteiger partial charge is 0.398 e. The van der Waals surface area contributed by atoms with Crippen LogP contribution in [-0.4, -0.2) is 61.5 Å². The van der Waals surface area contributed by atoms with Gasteiger partial charge in [0.15, 0.2) is 0 Å². The number of benzene rings is 1. The number of hydrogen-bond acceptors (Lipinski definition) is 6. The number of nitriles is 1. The molecule has 0 bridgehead atoms. The monoisotopic (exact) mass is 484 g/mol. The van der Waals surface area contributed by atoms with Crippen molar-refractivity contribution < 1.29 is 9.18 Å². The van der Waals surface area contributed by atoms with Crippen molar-refractivity contribution in [1.82, 2.24) is 14.8 Å². The van der Waals surface area contributed by atoms with E-state index in [2.05, 4.69) is 16.4 Å². The first-order valence-corrected chi connectivity index (χ1v) is 11.7. The summed E-state index contributed by atoms with van der Waals surface area (Å²) in [5.41, 5.74) is 6.62. The molecule has 180 valence electrons. The zero-order valence-electron chi connectivity index (χ0n) is 20.0. The van der Waals surface area contributed by atoms with Gasteiger partial charge >= 0.3 is 0 Å². The first-order chi connectivity index (χ1) is 16.0. The Balaban J connectivity index is 1.76. The Kier molecular flexibility index (Phi) is 6.21. The third kappa shape index (κ3) is 3.97. The second kappa shape index (κ2) is 8.71. The van der Waals surface area contributed by atoms with Crippen LogP contribution < -0.4 is 11.1 Å². The highest BCUT2D eigenvalue weighted by molar-refractivity contribution is 6.34. The number of nitrogen functional groups attached to an aromatic ring is 1. The number of fused-ring (bicyclic) bond motifs is 2. The molecule has 1 amide bonds. The standard InChI is InChI=1S/C25H30ClFN6O/c1-24(13-28)7-8-25(12-24)14-31-22-19(25)20(26)16(11-30-22)15-5-6-17(29)18(21(15)27)23(34)33(4)10-9-32(2)3/h5-6,11H,7-10,12,14,29H2,1-4H3,(H,30,31)/t24-,25+/m0/s1. The molecule has 0 saturated heterocycles. The minimum atomic E-state index is -0.710. The number of likely N-dealkylation sites (N-methyl/N-ethyl adjacent to an activating group) is 2. The van der Waals surface area contributed by atoms with E-state index in [-0.39, 0.29) is 22.2 Å². The van der Waals surface area contributed by atoms with Crippen molar-refractivity contribution in [3.8, 4) is 17.2 Å². The Morgan fingerprint density at radius 1 is 1.29 bits per heavy atom. The van der Waals surface area contributed by atoms with E-state index in [0.717, 1.165) is 18.4 Å². The fourth-order valence-corrected chi connectivity index (χ4v) is 5.63. The van der Waals surface area contributed by atoms with Crippen molar-refractivity contribution in [3.05, 3.63) is 40.3 Å². The van der Waals surface area contributed by atoms with E-state index in [1.165, 1.54) is 17.2 Å². The summed E-state index contributed by atoms with van der Waals surface area (Å²) in [6.07, 6.45) is 3.75. The molecule has 0 unspecified atom stereocenters. The fraction of sp³-hybridized carbons (Fsp3) is 0.480. The quantitative estimate of drug-likeness (QED) is 0.619. The van der Waals surface area contributed by atoms with Crippen LogP contribution in [0.25, 0.3) is 11.1 Å². The molecule has 1 aromatic carbocycles. The van der Waals surface area contributed by atoms with Crippen LogP contribution in [0.1, 0.15) is 42.1 Å². The molecule has 34 heavy (non-hydrogen) atoms. The number of nitrogens with two attached hydrogens (primary N) is 1. The molecular weight excluding hydrogens is 455 g/mol. The van der Waals surface area contributed by atoms with Gasteiger partial charge in [0, 0.05) is 60.7 Å². The smallest absolute Gasteiger partial charge is 0.258 e. The van der Waals surface area contributed by atoms with Crippen LogP contribution in [0.15, 0.2) is 18.3 Å². The second-order valence-corrected chi connectivity index (χ2v) is 10.5. The van der Waals surface area contributed by atoms with Crippen molar-refractivity contribution in [2.24, 2.45) is 5.41 Å². The maximum atomic E-state index is 15.8. The van der Waals surface area contributed by atoms with Crippen LogP contribution in [0.4, 0.5) is 15.9 Å². The van der Waals surface area contributed by atoms with Gasteiger partial charge in [0.1, 0.15) is 11.6 Å². The van der Waals surface area contributed by atoms with Gasteiger partial charge in [0.25, 0.3) is 5.91 Å². The number of nitrogens with zero attached hydrogens (tertiary/aromatic N) is 4. The summed E-state index contributed by atoms with van der Waals surface area (Å²) in [5, 5.41) is 13.4. The number of pyridine rings is 1. The third-order valence-electron chi connectivity index (χ3n) is 7.20. The van der Waals surface area contributed by atoms with Gasteiger partial charge < -0.3 is 20.9 Å². The van der Waals surface area contributed by atoms with E-state index < -0.39 is 17.1 Å². The van der Waals surface area contributed by atoms with Crippen LogP contribution in [0.5, 0.6) is 0 Å². The lowest BCUT2D eigenvalue weighted by molar-refractivity contribution is 0.0783. The van der Waals surface area contributed by atoms with E-state index in [1.54, 1.807) is 13.1 Å². The zero-order chi connectivity index (χ0) is 24.8. The minimum Gasteiger partial charge on any atom is -0.398 e. The first kappa shape index (κ1) is 24.2. The van der Waals surface area contributed by atoms with Gasteiger partial charge in [-0.1, -0.05) is 11.6 Å². The predicted molar refractivity (Wildman–Crippen MR) is 132 cm³/mol. The molecule has 1 aliphatic heterocycles. The van der Waals surface area contributed by atoms with E-state index in [4.69, 9.17) is 17.3 Å². The number of hydrogen-bond donors (Lipinski definition) is 2. The van der Waals surface area contributed by atoms with E-state index in [0.29, 0.717) is 42.5 Å². The highest BCUT2D eigenvalue weighted by atomic mass is 35.5. The molecule has 1 aromatic heterocycles. The molecule has 1 spiro atoms. The lowest BCUT2D eigenvalue weighted by Crippen LogP contribution is -2.34. The fourth-order valence-electron chi connectivity index (χ4n) is 5.19. The van der Waals surface area contributed by atoms with E-state index >= 15 is 4.39 Å². The van der Waals surface area contributed by atoms with Crippen LogP contribution in [0.3, 0.4) is 0 Å². The van der Waals surface area contributed by atoms with E-state index in [1.807, 2.05) is 25.9 Å². The van der Waals surface area contributed by atoms with Crippen LogP contribution in [0, 0.1) is 22.6 Å². The molecule has 2 aromatic rings. The lowest BCUT2D eigenvalue weighted by Gasteiger charge is -2.26. The van der Waals surface area contributed by atoms with Crippen molar-refractivity contribution in [3.63, 3.8) is 0 Å². The van der Waals surface area contributed by atoms with Gasteiger partial charge in [-0.15, -0.1) is 0 Å². The molecule has 2 aliphatic rings. The van der Waals surface area contributed by atoms with Gasteiger partial charge in [-0.2, -0.15) is 5.26 Å². The summed E-state index contributed by atoms with van der Waals surface area (Å²) in [4.78, 5) is 21.0. The molecule has 4 rings (SSSR count). The second-order valence-electron chi connectivity index (χ2n) is 10.1. The Labute approximate surface area is 204 Å². The van der Waals surface area contributed by atoms with Gasteiger partial charge in [-0.3, -0.25) is 4.79 Å². The molecule has 1 fully saturated rings. The number of rotatable bonds is 5.